The second kappa shape index (κ2) is 7.31. The number of aromatic amines is 1. The molecule has 0 aliphatic heterocycles. The molecular weight excluding hydrogens is 292 g/mol. The zero-order valence-corrected chi connectivity index (χ0v) is 14.2. The van der Waals surface area contributed by atoms with E-state index in [1.807, 2.05) is 12.1 Å². The van der Waals surface area contributed by atoms with Gasteiger partial charge in [-0.25, -0.2) is 4.79 Å². The summed E-state index contributed by atoms with van der Waals surface area (Å²) in [5, 5.41) is 0.523. The molecule has 0 aliphatic carbocycles. The van der Waals surface area contributed by atoms with Gasteiger partial charge in [0, 0.05) is 35.9 Å². The van der Waals surface area contributed by atoms with E-state index in [2.05, 4.69) is 30.7 Å². The maximum Gasteiger partial charge on any atom is 0.343 e. The first-order chi connectivity index (χ1) is 11.1. The molecule has 1 N–H and O–H groups in total. The summed E-state index contributed by atoms with van der Waals surface area (Å²) in [6.07, 6.45) is 2.32. The number of pyridine rings is 1. The number of aromatic nitrogens is 1. The van der Waals surface area contributed by atoms with Crippen molar-refractivity contribution in [3.63, 3.8) is 0 Å². The van der Waals surface area contributed by atoms with E-state index in [0.29, 0.717) is 5.39 Å². The lowest BCUT2D eigenvalue weighted by molar-refractivity contribution is 0.0524. The van der Waals surface area contributed by atoms with Crippen LogP contribution < -0.4 is 10.3 Å². The van der Waals surface area contributed by atoms with Crippen molar-refractivity contribution in [2.45, 2.75) is 34.1 Å². The first-order valence-electron chi connectivity index (χ1n) is 8.17. The second-order valence-corrected chi connectivity index (χ2v) is 5.30. The Kier molecular flexibility index (Phi) is 5.42. The first kappa shape index (κ1) is 17.1. The topological polar surface area (TPSA) is 62.4 Å². The largest absolute Gasteiger partial charge is 0.462 e. The number of carbonyl (C=O) groups is 1. The maximum absolute atomic E-state index is 12.7. The standard InChI is InChI=1S/C18H24N2O3/c1-5-12-9-15-13(10-16(12)20(6-2)7-3)17(21)14(11-19-15)18(22)23-8-4/h9-11H,5-8H2,1-4H3,(H,19,21). The van der Waals surface area contributed by atoms with Crippen LogP contribution >= 0.6 is 0 Å². The molecule has 0 amide bonds. The van der Waals surface area contributed by atoms with Crippen molar-refractivity contribution < 1.29 is 9.53 Å². The van der Waals surface area contributed by atoms with Crippen LogP contribution in [-0.4, -0.2) is 30.6 Å². The molecule has 1 heterocycles. The van der Waals surface area contributed by atoms with E-state index in [4.69, 9.17) is 4.74 Å². The Labute approximate surface area is 136 Å². The Bertz CT molecular complexity index is 761. The third-order valence-corrected chi connectivity index (χ3v) is 4.06. The molecule has 2 rings (SSSR count). The molecule has 5 nitrogen and oxygen atoms in total. The molecule has 0 spiro atoms. The van der Waals surface area contributed by atoms with E-state index in [-0.39, 0.29) is 17.6 Å². The van der Waals surface area contributed by atoms with Gasteiger partial charge in [0.25, 0.3) is 0 Å². The highest BCUT2D eigenvalue weighted by molar-refractivity contribution is 5.94. The fourth-order valence-electron chi connectivity index (χ4n) is 2.80. The van der Waals surface area contributed by atoms with Crippen molar-refractivity contribution in [3.05, 3.63) is 39.7 Å². The molecule has 2 aromatic rings. The first-order valence-corrected chi connectivity index (χ1v) is 8.17. The fourth-order valence-corrected chi connectivity index (χ4v) is 2.80. The predicted octanol–water partition coefficient (Wildman–Crippen LogP) is 3.11. The van der Waals surface area contributed by atoms with Crippen molar-refractivity contribution in [3.8, 4) is 0 Å². The fraction of sp³-hybridized carbons (Fsp3) is 0.444. The van der Waals surface area contributed by atoms with Gasteiger partial charge in [0.2, 0.25) is 5.43 Å². The van der Waals surface area contributed by atoms with Crippen LogP contribution in [0.5, 0.6) is 0 Å². The normalized spacial score (nSPS) is 10.8. The predicted molar refractivity (Wildman–Crippen MR) is 93.5 cm³/mol. The number of hydrogen-bond acceptors (Lipinski definition) is 4. The van der Waals surface area contributed by atoms with Crippen LogP contribution in [0.15, 0.2) is 23.1 Å². The van der Waals surface area contributed by atoms with Crippen LogP contribution in [0.4, 0.5) is 5.69 Å². The van der Waals surface area contributed by atoms with Gasteiger partial charge in [-0.2, -0.15) is 0 Å². The minimum atomic E-state index is -0.584. The molecule has 0 atom stereocenters. The van der Waals surface area contributed by atoms with Gasteiger partial charge in [0.15, 0.2) is 0 Å². The molecule has 1 aromatic carbocycles. The van der Waals surface area contributed by atoms with E-state index in [1.54, 1.807) is 6.92 Å². The Morgan fingerprint density at radius 2 is 1.87 bits per heavy atom. The number of fused-ring (bicyclic) bond motifs is 1. The summed E-state index contributed by atoms with van der Waals surface area (Å²) >= 11 is 0. The average Bonchev–Trinajstić information content (AvgIpc) is 2.56. The lowest BCUT2D eigenvalue weighted by Crippen LogP contribution is -2.24. The van der Waals surface area contributed by atoms with Crippen LogP contribution in [0.1, 0.15) is 43.6 Å². The summed E-state index contributed by atoms with van der Waals surface area (Å²) in [4.78, 5) is 29.8. The molecule has 1 aromatic heterocycles. The van der Waals surface area contributed by atoms with Gasteiger partial charge in [-0.3, -0.25) is 4.79 Å². The van der Waals surface area contributed by atoms with Crippen LogP contribution in [0.3, 0.4) is 0 Å². The van der Waals surface area contributed by atoms with Gasteiger partial charge in [-0.05, 0) is 44.9 Å². The zero-order chi connectivity index (χ0) is 17.0. The molecule has 124 valence electrons. The van der Waals surface area contributed by atoms with Crippen molar-refractivity contribution in [2.75, 3.05) is 24.6 Å². The van der Waals surface area contributed by atoms with Gasteiger partial charge in [0.1, 0.15) is 5.56 Å². The summed E-state index contributed by atoms with van der Waals surface area (Å²) in [5.41, 5.74) is 2.75. The third-order valence-electron chi connectivity index (χ3n) is 4.06. The minimum Gasteiger partial charge on any atom is -0.462 e. The van der Waals surface area contributed by atoms with Gasteiger partial charge in [0.05, 0.1) is 6.61 Å². The minimum absolute atomic E-state index is 0.0501. The smallest absolute Gasteiger partial charge is 0.343 e. The number of carbonyl (C=O) groups excluding carboxylic acids is 1. The van der Waals surface area contributed by atoms with Gasteiger partial charge in [-0.15, -0.1) is 0 Å². The van der Waals surface area contributed by atoms with Crippen molar-refractivity contribution in [1.82, 2.24) is 4.98 Å². The van der Waals surface area contributed by atoms with Gasteiger partial charge >= 0.3 is 5.97 Å². The summed E-state index contributed by atoms with van der Waals surface area (Å²) in [6, 6.07) is 3.89. The summed E-state index contributed by atoms with van der Waals surface area (Å²) in [5.74, 6) is -0.584. The van der Waals surface area contributed by atoms with Crippen LogP contribution in [0.25, 0.3) is 10.9 Å². The Morgan fingerprint density at radius 3 is 2.43 bits per heavy atom. The van der Waals surface area contributed by atoms with Crippen LogP contribution in [-0.2, 0) is 11.2 Å². The Morgan fingerprint density at radius 1 is 1.17 bits per heavy atom. The number of nitrogens with one attached hydrogen (secondary N) is 1. The number of hydrogen-bond donors (Lipinski definition) is 1. The van der Waals surface area contributed by atoms with Crippen molar-refractivity contribution in [2.24, 2.45) is 0 Å². The quantitative estimate of drug-likeness (QED) is 0.832. The number of aryl methyl sites for hydroxylation is 1. The lowest BCUT2D eigenvalue weighted by Gasteiger charge is -2.24. The molecule has 0 bridgehead atoms. The summed E-state index contributed by atoms with van der Waals surface area (Å²) in [7, 11) is 0. The Balaban J connectivity index is 2.68. The molecule has 0 saturated heterocycles. The summed E-state index contributed by atoms with van der Waals surface area (Å²) in [6.45, 7) is 9.97. The maximum atomic E-state index is 12.7. The lowest BCUT2D eigenvalue weighted by atomic mass is 10.0. The molecular formula is C18H24N2O3. The number of H-pyrrole nitrogens is 1. The monoisotopic (exact) mass is 316 g/mol. The van der Waals surface area contributed by atoms with Crippen LogP contribution in [0.2, 0.25) is 0 Å². The Hall–Kier alpha value is -2.30. The second-order valence-electron chi connectivity index (χ2n) is 5.30. The van der Waals surface area contributed by atoms with Crippen molar-refractivity contribution >= 4 is 22.6 Å². The molecule has 0 aliphatic rings. The molecule has 5 heteroatoms. The number of esters is 1. The van der Waals surface area contributed by atoms with Gasteiger partial charge < -0.3 is 14.6 Å². The van der Waals surface area contributed by atoms with Gasteiger partial charge in [-0.1, -0.05) is 6.92 Å². The van der Waals surface area contributed by atoms with E-state index in [0.717, 1.165) is 30.7 Å². The van der Waals surface area contributed by atoms with E-state index in [1.165, 1.54) is 11.8 Å². The molecule has 0 saturated carbocycles. The highest BCUT2D eigenvalue weighted by atomic mass is 16.5. The molecule has 23 heavy (non-hydrogen) atoms. The zero-order valence-electron chi connectivity index (χ0n) is 14.2. The van der Waals surface area contributed by atoms with Crippen molar-refractivity contribution in [1.29, 1.82) is 0 Å². The van der Waals surface area contributed by atoms with E-state index >= 15 is 0 Å². The van der Waals surface area contributed by atoms with E-state index < -0.39 is 5.97 Å². The number of rotatable bonds is 6. The number of nitrogens with zero attached hydrogens (tertiary/aromatic N) is 1. The highest BCUT2D eigenvalue weighted by Crippen LogP contribution is 2.25. The van der Waals surface area contributed by atoms with E-state index in [9.17, 15) is 9.59 Å². The molecule has 0 unspecified atom stereocenters. The molecule has 0 fully saturated rings. The number of ether oxygens (including phenoxy) is 1. The molecule has 0 radical (unpaired) electrons. The highest BCUT2D eigenvalue weighted by Gasteiger charge is 2.16. The summed E-state index contributed by atoms with van der Waals surface area (Å²) < 4.78 is 4.95. The third kappa shape index (κ3) is 3.23. The number of benzene rings is 1. The van der Waals surface area contributed by atoms with Crippen LogP contribution in [0, 0.1) is 0 Å². The average molecular weight is 316 g/mol. The number of anilines is 1. The SMILES string of the molecule is CCOC(=O)c1c[nH]c2cc(CC)c(N(CC)CC)cc2c1=O.